The standard InChI is InChI=1S/C25H21FN6O/c1-15-12-19(13-16(2)28-15)21-22(18-6-4-3-5-7-18)29-24(27)32-23(21)30-31(25(32)33)14-17-8-10-20(26)11-9-17/h3-13H,14H2,1-2H3,(H2,27,29)/p+1. The SMILES string of the molecule is Cc1cc(-c2c(-c3ccccc3)[nH+]c(N)n3c(=O)n(Cc4ccc(F)cc4)nc23)cc(C)n1. The summed E-state index contributed by atoms with van der Waals surface area (Å²) in [6.07, 6.45) is 0. The summed E-state index contributed by atoms with van der Waals surface area (Å²) in [5.74, 6) is -0.163. The van der Waals surface area contributed by atoms with Gasteiger partial charge in [0.15, 0.2) is 0 Å². The second kappa shape index (κ2) is 7.98. The first-order valence-electron chi connectivity index (χ1n) is 10.5. The number of nitrogen functional groups attached to an aromatic ring is 1. The van der Waals surface area contributed by atoms with Crippen LogP contribution < -0.4 is 16.4 Å². The fourth-order valence-corrected chi connectivity index (χ4v) is 4.08. The number of nitrogens with zero attached hydrogens (tertiary/aromatic N) is 4. The largest absolute Gasteiger partial charge is 0.411 e. The number of aromatic nitrogens is 5. The van der Waals surface area contributed by atoms with E-state index in [0.29, 0.717) is 5.65 Å². The monoisotopic (exact) mass is 441 g/mol. The second-order valence-electron chi connectivity index (χ2n) is 7.99. The molecule has 0 aliphatic carbocycles. The summed E-state index contributed by atoms with van der Waals surface area (Å²) in [5, 5.41) is 4.67. The van der Waals surface area contributed by atoms with Crippen LogP contribution in [-0.4, -0.2) is 19.2 Å². The van der Waals surface area contributed by atoms with E-state index < -0.39 is 0 Å². The quantitative estimate of drug-likeness (QED) is 0.463. The molecule has 33 heavy (non-hydrogen) atoms. The zero-order chi connectivity index (χ0) is 23.1. The molecule has 0 saturated heterocycles. The molecule has 0 aliphatic rings. The summed E-state index contributed by atoms with van der Waals surface area (Å²) in [6, 6.07) is 19.7. The van der Waals surface area contributed by atoms with Gasteiger partial charge in [0.25, 0.3) is 0 Å². The highest BCUT2D eigenvalue weighted by molar-refractivity contribution is 5.88. The van der Waals surface area contributed by atoms with Crippen molar-refractivity contribution in [1.82, 2.24) is 19.2 Å². The maximum Gasteiger partial charge on any atom is 0.411 e. The molecular formula is C25H22FN6O+. The topological polar surface area (TPSA) is 92.3 Å². The Hall–Kier alpha value is -4.33. The molecule has 0 aliphatic heterocycles. The van der Waals surface area contributed by atoms with Gasteiger partial charge in [-0.2, -0.15) is 4.68 Å². The van der Waals surface area contributed by atoms with Gasteiger partial charge in [-0.1, -0.05) is 42.5 Å². The maximum absolute atomic E-state index is 13.3. The maximum atomic E-state index is 13.3. The lowest BCUT2D eigenvalue weighted by molar-refractivity contribution is -0.351. The minimum atomic E-state index is -0.383. The van der Waals surface area contributed by atoms with Gasteiger partial charge in [0.1, 0.15) is 11.5 Å². The van der Waals surface area contributed by atoms with Gasteiger partial charge in [-0.15, -0.1) is 9.50 Å². The predicted octanol–water partition coefficient (Wildman–Crippen LogP) is 3.43. The van der Waals surface area contributed by atoms with E-state index in [9.17, 15) is 9.18 Å². The van der Waals surface area contributed by atoms with Gasteiger partial charge in [0.2, 0.25) is 5.65 Å². The third-order valence-corrected chi connectivity index (χ3v) is 5.49. The van der Waals surface area contributed by atoms with E-state index in [1.54, 1.807) is 12.1 Å². The van der Waals surface area contributed by atoms with E-state index in [0.717, 1.165) is 39.3 Å². The van der Waals surface area contributed by atoms with Gasteiger partial charge < -0.3 is 0 Å². The van der Waals surface area contributed by atoms with Crippen molar-refractivity contribution in [2.24, 2.45) is 0 Å². The third kappa shape index (κ3) is 3.76. The third-order valence-electron chi connectivity index (χ3n) is 5.49. The summed E-state index contributed by atoms with van der Waals surface area (Å²) in [4.78, 5) is 21.0. The van der Waals surface area contributed by atoms with E-state index >= 15 is 0 Å². The van der Waals surface area contributed by atoms with Crippen molar-refractivity contribution in [1.29, 1.82) is 0 Å². The number of fused-ring (bicyclic) bond motifs is 1. The van der Waals surface area contributed by atoms with Crippen LogP contribution in [0.15, 0.2) is 71.5 Å². The van der Waals surface area contributed by atoms with E-state index in [2.05, 4.69) is 15.1 Å². The van der Waals surface area contributed by atoms with Crippen LogP contribution in [0.5, 0.6) is 0 Å². The minimum Gasteiger partial charge on any atom is -0.290 e. The number of hydrogen-bond donors (Lipinski definition) is 1. The number of anilines is 1. The molecule has 0 fully saturated rings. The lowest BCUT2D eigenvalue weighted by Crippen LogP contribution is -2.28. The number of nitrogens with two attached hydrogens (primary N) is 1. The molecular weight excluding hydrogens is 419 g/mol. The average molecular weight is 441 g/mol. The van der Waals surface area contributed by atoms with Crippen molar-refractivity contribution in [3.8, 4) is 22.4 Å². The Balaban J connectivity index is 1.81. The summed E-state index contributed by atoms with van der Waals surface area (Å²) in [7, 11) is 0. The van der Waals surface area contributed by atoms with Gasteiger partial charge in [-0.05, 0) is 49.2 Å². The minimum absolute atomic E-state index is 0.172. The van der Waals surface area contributed by atoms with Crippen molar-refractivity contribution in [3.63, 3.8) is 0 Å². The Morgan fingerprint density at radius 3 is 2.30 bits per heavy atom. The van der Waals surface area contributed by atoms with Crippen LogP contribution in [0, 0.1) is 19.7 Å². The van der Waals surface area contributed by atoms with Gasteiger partial charge in [0.05, 0.1) is 12.1 Å². The Kier molecular flexibility index (Phi) is 4.97. The van der Waals surface area contributed by atoms with Gasteiger partial charge >= 0.3 is 11.6 Å². The highest BCUT2D eigenvalue weighted by Crippen LogP contribution is 2.32. The molecule has 0 atom stereocenters. The zero-order valence-corrected chi connectivity index (χ0v) is 18.2. The van der Waals surface area contributed by atoms with Crippen molar-refractivity contribution in [2.75, 3.05) is 5.73 Å². The molecule has 0 bridgehead atoms. The Labute approximate surface area is 189 Å². The number of benzene rings is 2. The molecule has 164 valence electrons. The van der Waals surface area contributed by atoms with Crippen LogP contribution in [-0.2, 0) is 6.54 Å². The highest BCUT2D eigenvalue weighted by atomic mass is 19.1. The lowest BCUT2D eigenvalue weighted by atomic mass is 9.99. The molecule has 0 unspecified atom stereocenters. The average Bonchev–Trinajstić information content (AvgIpc) is 3.11. The Morgan fingerprint density at radius 2 is 1.64 bits per heavy atom. The molecule has 5 rings (SSSR count). The molecule has 2 aromatic carbocycles. The first-order valence-corrected chi connectivity index (χ1v) is 10.5. The molecule has 0 spiro atoms. The van der Waals surface area contributed by atoms with Crippen molar-refractivity contribution >= 4 is 11.6 Å². The summed E-state index contributed by atoms with van der Waals surface area (Å²) < 4.78 is 16.0. The Morgan fingerprint density at radius 1 is 0.970 bits per heavy atom. The number of hydrogen-bond acceptors (Lipinski definition) is 4. The van der Waals surface area contributed by atoms with Gasteiger partial charge in [-0.25, -0.2) is 14.2 Å². The van der Waals surface area contributed by atoms with Crippen LogP contribution in [0.25, 0.3) is 28.0 Å². The number of aryl methyl sites for hydroxylation is 2. The number of nitrogens with one attached hydrogen (secondary N) is 1. The molecule has 5 aromatic rings. The smallest absolute Gasteiger partial charge is 0.290 e. The predicted molar refractivity (Wildman–Crippen MR) is 124 cm³/mol. The van der Waals surface area contributed by atoms with Crippen LogP contribution in [0.1, 0.15) is 17.0 Å². The van der Waals surface area contributed by atoms with E-state index in [-0.39, 0.29) is 24.0 Å². The van der Waals surface area contributed by atoms with Crippen molar-refractivity contribution in [2.45, 2.75) is 20.4 Å². The van der Waals surface area contributed by atoms with Crippen LogP contribution >= 0.6 is 0 Å². The molecule has 0 radical (unpaired) electrons. The van der Waals surface area contributed by atoms with Gasteiger partial charge in [-0.3, -0.25) is 10.7 Å². The second-order valence-corrected chi connectivity index (χ2v) is 7.99. The lowest BCUT2D eigenvalue weighted by Gasteiger charge is -2.10. The number of rotatable bonds is 4. The van der Waals surface area contributed by atoms with Crippen LogP contribution in [0.3, 0.4) is 0 Å². The molecule has 3 N–H and O–H groups in total. The number of pyridine rings is 1. The van der Waals surface area contributed by atoms with E-state index in [4.69, 9.17) is 5.73 Å². The summed E-state index contributed by atoms with van der Waals surface area (Å²) >= 11 is 0. The zero-order valence-electron chi connectivity index (χ0n) is 18.2. The first kappa shape index (κ1) is 20.6. The highest BCUT2D eigenvalue weighted by Gasteiger charge is 2.26. The van der Waals surface area contributed by atoms with E-state index in [1.807, 2.05) is 56.3 Å². The first-order chi connectivity index (χ1) is 15.9. The molecule has 3 aromatic heterocycles. The van der Waals surface area contributed by atoms with Crippen molar-refractivity contribution < 1.29 is 9.37 Å². The molecule has 0 saturated carbocycles. The molecule has 0 amide bonds. The van der Waals surface area contributed by atoms with E-state index in [1.165, 1.54) is 21.2 Å². The summed E-state index contributed by atoms with van der Waals surface area (Å²) in [6.45, 7) is 4.04. The van der Waals surface area contributed by atoms with Crippen LogP contribution in [0.4, 0.5) is 10.3 Å². The fourth-order valence-electron chi connectivity index (χ4n) is 4.08. The van der Waals surface area contributed by atoms with Crippen LogP contribution in [0.2, 0.25) is 0 Å². The van der Waals surface area contributed by atoms with Crippen molar-refractivity contribution in [3.05, 3.63) is 100.0 Å². The number of aromatic amines is 1. The summed E-state index contributed by atoms with van der Waals surface area (Å²) in [5.41, 5.74) is 12.1. The molecule has 3 heterocycles. The Bertz CT molecular complexity index is 1520. The van der Waals surface area contributed by atoms with Gasteiger partial charge in [0, 0.05) is 17.0 Å². The molecule has 7 nitrogen and oxygen atoms in total. The normalized spacial score (nSPS) is 11.2. The molecule has 8 heteroatoms. The fraction of sp³-hybridized carbons (Fsp3) is 0.120. The number of halogens is 1. The number of H-pyrrole nitrogens is 1.